The summed E-state index contributed by atoms with van der Waals surface area (Å²) in [5, 5.41) is 16.5. The van der Waals surface area contributed by atoms with Crippen LogP contribution in [0.25, 0.3) is 0 Å². The standard InChI is InChI=1S/C23H38N4O2.HI/c1-2-24-22(26-19-23(12-15-28)10-6-3-7-11-23)25-18-20-8-4-5-9-21(20)27-13-16-29-17-14-27;/h4-5,8-9,28H,2-3,6-7,10-19H2,1H3,(H2,24,25,26);1H. The van der Waals surface area contributed by atoms with Crippen LogP contribution in [0, 0.1) is 5.41 Å². The first kappa shape index (κ1) is 25.2. The molecule has 1 aliphatic heterocycles. The zero-order valence-electron chi connectivity index (χ0n) is 18.4. The van der Waals surface area contributed by atoms with E-state index in [1.54, 1.807) is 0 Å². The fraction of sp³-hybridized carbons (Fsp3) is 0.696. The Morgan fingerprint density at radius 2 is 1.87 bits per heavy atom. The van der Waals surface area contributed by atoms with E-state index in [-0.39, 0.29) is 36.0 Å². The third-order valence-corrected chi connectivity index (χ3v) is 6.28. The van der Waals surface area contributed by atoms with E-state index in [9.17, 15) is 5.11 Å². The van der Waals surface area contributed by atoms with Crippen LogP contribution in [-0.2, 0) is 11.3 Å². The summed E-state index contributed by atoms with van der Waals surface area (Å²) < 4.78 is 5.50. The van der Waals surface area contributed by atoms with E-state index in [0.717, 1.165) is 51.8 Å². The molecule has 0 bridgehead atoms. The van der Waals surface area contributed by atoms with Gasteiger partial charge in [-0.15, -0.1) is 24.0 Å². The Kier molecular flexibility index (Phi) is 11.2. The molecule has 6 nitrogen and oxygen atoms in total. The van der Waals surface area contributed by atoms with E-state index in [0.29, 0.717) is 6.54 Å². The molecule has 2 aliphatic rings. The maximum Gasteiger partial charge on any atom is 0.191 e. The third kappa shape index (κ3) is 7.27. The first-order chi connectivity index (χ1) is 14.3. The lowest BCUT2D eigenvalue weighted by Crippen LogP contribution is -2.45. The van der Waals surface area contributed by atoms with Gasteiger partial charge in [0.25, 0.3) is 0 Å². The Hall–Kier alpha value is -1.06. The Balaban J connectivity index is 0.00000320. The van der Waals surface area contributed by atoms with E-state index in [1.807, 2.05) is 0 Å². The van der Waals surface area contributed by atoms with Gasteiger partial charge in [0, 0.05) is 38.5 Å². The fourth-order valence-electron chi connectivity index (χ4n) is 4.59. The van der Waals surface area contributed by atoms with Gasteiger partial charge in [0.2, 0.25) is 0 Å². The molecular weight excluding hydrogens is 491 g/mol. The smallest absolute Gasteiger partial charge is 0.191 e. The molecule has 3 N–H and O–H groups in total. The number of halogens is 1. The molecule has 170 valence electrons. The SMILES string of the molecule is CCNC(=NCc1ccccc1N1CCOCC1)NCC1(CCO)CCCCC1.I. The van der Waals surface area contributed by atoms with Gasteiger partial charge >= 0.3 is 0 Å². The third-order valence-electron chi connectivity index (χ3n) is 6.28. The van der Waals surface area contributed by atoms with Gasteiger partial charge in [-0.1, -0.05) is 37.5 Å². The van der Waals surface area contributed by atoms with Gasteiger partial charge in [-0.2, -0.15) is 0 Å². The van der Waals surface area contributed by atoms with Crippen molar-refractivity contribution in [3.05, 3.63) is 29.8 Å². The highest BCUT2D eigenvalue weighted by Crippen LogP contribution is 2.38. The molecule has 1 saturated heterocycles. The fourth-order valence-corrected chi connectivity index (χ4v) is 4.59. The van der Waals surface area contributed by atoms with E-state index in [1.165, 1.54) is 43.4 Å². The predicted molar refractivity (Wildman–Crippen MR) is 135 cm³/mol. The maximum absolute atomic E-state index is 9.57. The number of aliphatic imine (C=N–C) groups is 1. The van der Waals surface area contributed by atoms with Crippen molar-refractivity contribution in [2.75, 3.05) is 50.9 Å². The van der Waals surface area contributed by atoms with Crippen LogP contribution in [0.1, 0.15) is 51.0 Å². The summed E-state index contributed by atoms with van der Waals surface area (Å²) in [6, 6.07) is 8.55. The number of nitrogens with zero attached hydrogens (tertiary/aromatic N) is 2. The number of para-hydroxylation sites is 1. The molecule has 1 aliphatic carbocycles. The Morgan fingerprint density at radius 1 is 1.13 bits per heavy atom. The molecule has 3 rings (SSSR count). The van der Waals surface area contributed by atoms with Gasteiger partial charge in [-0.05, 0) is 43.2 Å². The molecule has 30 heavy (non-hydrogen) atoms. The Bertz CT molecular complexity index is 638. The van der Waals surface area contributed by atoms with E-state index >= 15 is 0 Å². The number of aliphatic hydroxyl groups excluding tert-OH is 1. The molecule has 1 saturated carbocycles. The molecule has 2 fully saturated rings. The van der Waals surface area contributed by atoms with Crippen LogP contribution in [0.15, 0.2) is 29.3 Å². The Morgan fingerprint density at radius 3 is 2.57 bits per heavy atom. The first-order valence-corrected chi connectivity index (χ1v) is 11.3. The zero-order valence-corrected chi connectivity index (χ0v) is 20.7. The normalized spacial score (nSPS) is 19.1. The molecule has 0 radical (unpaired) electrons. The predicted octanol–water partition coefficient (Wildman–Crippen LogP) is 3.53. The largest absolute Gasteiger partial charge is 0.396 e. The number of nitrogens with one attached hydrogen (secondary N) is 2. The number of aliphatic hydroxyl groups is 1. The van der Waals surface area contributed by atoms with Crippen molar-refractivity contribution in [1.29, 1.82) is 0 Å². The minimum Gasteiger partial charge on any atom is -0.396 e. The van der Waals surface area contributed by atoms with E-state index < -0.39 is 0 Å². The van der Waals surface area contributed by atoms with Crippen LogP contribution < -0.4 is 15.5 Å². The second-order valence-corrected chi connectivity index (χ2v) is 8.31. The van der Waals surface area contributed by atoms with Crippen molar-refractivity contribution in [2.24, 2.45) is 10.4 Å². The van der Waals surface area contributed by atoms with E-state index in [4.69, 9.17) is 9.73 Å². The lowest BCUT2D eigenvalue weighted by molar-refractivity contribution is 0.122. The van der Waals surface area contributed by atoms with Gasteiger partial charge in [0.1, 0.15) is 0 Å². The number of anilines is 1. The number of hydrogen-bond acceptors (Lipinski definition) is 4. The highest BCUT2D eigenvalue weighted by atomic mass is 127. The van der Waals surface area contributed by atoms with Crippen LogP contribution in [0.4, 0.5) is 5.69 Å². The summed E-state index contributed by atoms with van der Waals surface area (Å²) in [4.78, 5) is 7.28. The van der Waals surface area contributed by atoms with E-state index in [2.05, 4.69) is 46.7 Å². The molecule has 0 aromatic heterocycles. The quantitative estimate of drug-likeness (QED) is 0.273. The number of benzene rings is 1. The monoisotopic (exact) mass is 530 g/mol. The molecule has 0 spiro atoms. The van der Waals surface area contributed by atoms with Crippen molar-refractivity contribution in [1.82, 2.24) is 10.6 Å². The number of ether oxygens (including phenoxy) is 1. The zero-order chi connectivity index (χ0) is 20.4. The highest BCUT2D eigenvalue weighted by Gasteiger charge is 2.31. The van der Waals surface area contributed by atoms with Crippen LogP contribution in [0.5, 0.6) is 0 Å². The topological polar surface area (TPSA) is 69.1 Å². The average Bonchev–Trinajstić information content (AvgIpc) is 2.77. The summed E-state index contributed by atoms with van der Waals surface area (Å²) in [6.07, 6.45) is 7.11. The molecule has 0 unspecified atom stereocenters. The number of guanidine groups is 1. The van der Waals surface area contributed by atoms with Crippen molar-refractivity contribution < 1.29 is 9.84 Å². The van der Waals surface area contributed by atoms with Gasteiger partial charge in [-0.3, -0.25) is 0 Å². The Labute approximate surface area is 198 Å². The summed E-state index contributed by atoms with van der Waals surface area (Å²) >= 11 is 0. The lowest BCUT2D eigenvalue weighted by atomic mass is 9.72. The molecule has 0 atom stereocenters. The maximum atomic E-state index is 9.57. The molecular formula is C23H39IN4O2. The lowest BCUT2D eigenvalue weighted by Gasteiger charge is -2.37. The van der Waals surface area contributed by atoms with Gasteiger partial charge in [-0.25, -0.2) is 4.99 Å². The second kappa shape index (κ2) is 13.4. The molecule has 1 aromatic carbocycles. The summed E-state index contributed by atoms with van der Waals surface area (Å²) in [6.45, 7) is 8.17. The van der Waals surface area contributed by atoms with Gasteiger partial charge < -0.3 is 25.4 Å². The summed E-state index contributed by atoms with van der Waals surface area (Å²) in [5.74, 6) is 0.868. The van der Waals surface area contributed by atoms with Crippen molar-refractivity contribution in [3.63, 3.8) is 0 Å². The van der Waals surface area contributed by atoms with Crippen LogP contribution in [-0.4, -0.2) is 57.1 Å². The van der Waals surface area contributed by atoms with Crippen LogP contribution in [0.2, 0.25) is 0 Å². The number of morpholine rings is 1. The van der Waals surface area contributed by atoms with Crippen molar-refractivity contribution in [2.45, 2.75) is 52.0 Å². The van der Waals surface area contributed by atoms with Crippen LogP contribution in [0.3, 0.4) is 0 Å². The number of hydrogen-bond donors (Lipinski definition) is 3. The second-order valence-electron chi connectivity index (χ2n) is 8.31. The van der Waals surface area contributed by atoms with Gasteiger partial charge in [0.05, 0.1) is 19.8 Å². The minimum atomic E-state index is 0. The molecule has 0 amide bonds. The molecule has 7 heteroatoms. The summed E-state index contributed by atoms with van der Waals surface area (Å²) in [5.41, 5.74) is 2.71. The molecule has 1 aromatic rings. The number of rotatable bonds is 8. The summed E-state index contributed by atoms with van der Waals surface area (Å²) in [7, 11) is 0. The molecule has 1 heterocycles. The highest BCUT2D eigenvalue weighted by molar-refractivity contribution is 14.0. The minimum absolute atomic E-state index is 0. The first-order valence-electron chi connectivity index (χ1n) is 11.3. The van der Waals surface area contributed by atoms with Gasteiger partial charge in [0.15, 0.2) is 5.96 Å². The van der Waals surface area contributed by atoms with Crippen LogP contribution >= 0.6 is 24.0 Å². The van der Waals surface area contributed by atoms with Crippen molar-refractivity contribution in [3.8, 4) is 0 Å². The van der Waals surface area contributed by atoms with Crippen molar-refractivity contribution >= 4 is 35.6 Å². The average molecular weight is 530 g/mol.